The number of sulfone groups is 1. The molecule has 2 N–H and O–H groups in total. The average molecular weight is 305 g/mol. The maximum Gasteiger partial charge on any atom is 0.175 e. The predicted molar refractivity (Wildman–Crippen MR) is 78.1 cm³/mol. The molecule has 0 saturated carbocycles. The van der Waals surface area contributed by atoms with Crippen molar-refractivity contribution in [3.8, 4) is 0 Å². The van der Waals surface area contributed by atoms with Gasteiger partial charge in [-0.2, -0.15) is 0 Å². The lowest BCUT2D eigenvalue weighted by atomic mass is 10.2. The lowest BCUT2D eigenvalue weighted by molar-refractivity contribution is 0.175. The van der Waals surface area contributed by atoms with E-state index in [1.165, 1.54) is 12.6 Å². The highest BCUT2D eigenvalue weighted by Crippen LogP contribution is 2.33. The van der Waals surface area contributed by atoms with Crippen LogP contribution in [0.2, 0.25) is 0 Å². The number of nitrogens with zero attached hydrogens (tertiary/aromatic N) is 2. The molecule has 21 heavy (non-hydrogen) atoms. The smallest absolute Gasteiger partial charge is 0.175 e. The topological polar surface area (TPSA) is 92.2 Å². The Balaban J connectivity index is 1.88. The summed E-state index contributed by atoms with van der Waals surface area (Å²) in [5.74, 6) is 0.656. The van der Waals surface area contributed by atoms with Gasteiger partial charge in [0.1, 0.15) is 12.1 Å². The first-order chi connectivity index (χ1) is 9.95. The third kappa shape index (κ3) is 2.74. The molecule has 0 saturated heterocycles. The number of aliphatic hydroxyl groups excluding tert-OH is 1. The highest BCUT2D eigenvalue weighted by Gasteiger charge is 2.25. The van der Waals surface area contributed by atoms with Crippen molar-refractivity contribution in [1.29, 1.82) is 0 Å². The molecule has 1 aliphatic carbocycles. The quantitative estimate of drug-likeness (QED) is 0.895. The molecule has 110 valence electrons. The Morgan fingerprint density at radius 1 is 1.24 bits per heavy atom. The molecule has 1 atom stereocenters. The summed E-state index contributed by atoms with van der Waals surface area (Å²) >= 11 is 0. The first-order valence-corrected chi connectivity index (χ1v) is 8.43. The summed E-state index contributed by atoms with van der Waals surface area (Å²) in [6.45, 7) is 0. The van der Waals surface area contributed by atoms with Gasteiger partial charge in [0.05, 0.1) is 16.7 Å². The van der Waals surface area contributed by atoms with E-state index in [0.29, 0.717) is 17.9 Å². The number of hydrogen-bond acceptors (Lipinski definition) is 6. The second kappa shape index (κ2) is 5.09. The number of aliphatic hydroxyl groups is 1. The van der Waals surface area contributed by atoms with E-state index in [1.807, 2.05) is 0 Å². The van der Waals surface area contributed by atoms with E-state index < -0.39 is 15.9 Å². The zero-order chi connectivity index (χ0) is 15.0. The molecule has 3 rings (SSSR count). The first-order valence-electron chi connectivity index (χ1n) is 6.54. The Bertz CT molecular complexity index is 773. The van der Waals surface area contributed by atoms with Crippen LogP contribution in [0.15, 0.2) is 35.5 Å². The van der Waals surface area contributed by atoms with Crippen molar-refractivity contribution in [2.75, 3.05) is 11.6 Å². The molecule has 0 aliphatic heterocycles. The van der Waals surface area contributed by atoms with Crippen LogP contribution in [0, 0.1) is 0 Å². The predicted octanol–water partition coefficient (Wildman–Crippen LogP) is 1.60. The number of nitrogens with one attached hydrogen (secondary N) is 1. The SMILES string of the molecule is CS(=O)(=O)c1ccc(Nc2ncnc3c2CCC3O)cc1. The molecule has 1 unspecified atom stereocenters. The van der Waals surface area contributed by atoms with Crippen LogP contribution in [0.1, 0.15) is 23.8 Å². The molecule has 7 heteroatoms. The van der Waals surface area contributed by atoms with E-state index in [-0.39, 0.29) is 4.90 Å². The summed E-state index contributed by atoms with van der Waals surface area (Å²) < 4.78 is 22.8. The number of benzene rings is 1. The van der Waals surface area contributed by atoms with Gasteiger partial charge in [-0.25, -0.2) is 18.4 Å². The van der Waals surface area contributed by atoms with Crippen LogP contribution in [0.5, 0.6) is 0 Å². The van der Waals surface area contributed by atoms with Crippen LogP contribution in [0.4, 0.5) is 11.5 Å². The molecule has 0 bridgehead atoms. The average Bonchev–Trinajstić information content (AvgIpc) is 2.82. The molecule has 1 aromatic heterocycles. The van der Waals surface area contributed by atoms with E-state index in [1.54, 1.807) is 24.3 Å². The van der Waals surface area contributed by atoms with Crippen molar-refractivity contribution in [1.82, 2.24) is 9.97 Å². The first kappa shape index (κ1) is 14.0. The standard InChI is InChI=1S/C14H15N3O3S/c1-21(19,20)10-4-2-9(3-5-10)17-14-11-6-7-12(18)13(11)15-8-16-14/h2-5,8,12,18H,6-7H2,1H3,(H,15,16,17). The van der Waals surface area contributed by atoms with Crippen molar-refractivity contribution in [2.24, 2.45) is 0 Å². The fraction of sp³-hybridized carbons (Fsp3) is 0.286. The van der Waals surface area contributed by atoms with Gasteiger partial charge in [-0.15, -0.1) is 0 Å². The molecular formula is C14H15N3O3S. The molecule has 1 aromatic carbocycles. The van der Waals surface area contributed by atoms with Crippen LogP contribution < -0.4 is 5.32 Å². The van der Waals surface area contributed by atoms with Gasteiger partial charge in [0.25, 0.3) is 0 Å². The number of hydrogen-bond donors (Lipinski definition) is 2. The van der Waals surface area contributed by atoms with Gasteiger partial charge in [0.15, 0.2) is 9.84 Å². The summed E-state index contributed by atoms with van der Waals surface area (Å²) in [6, 6.07) is 6.48. The second-order valence-corrected chi connectivity index (χ2v) is 7.08. The summed E-state index contributed by atoms with van der Waals surface area (Å²) in [4.78, 5) is 8.58. The van der Waals surface area contributed by atoms with Crippen LogP contribution in [-0.4, -0.2) is 29.7 Å². The van der Waals surface area contributed by atoms with E-state index in [9.17, 15) is 13.5 Å². The molecule has 6 nitrogen and oxygen atoms in total. The minimum atomic E-state index is -3.20. The Morgan fingerprint density at radius 2 is 1.95 bits per heavy atom. The van der Waals surface area contributed by atoms with Crippen LogP contribution >= 0.6 is 0 Å². The zero-order valence-electron chi connectivity index (χ0n) is 11.4. The van der Waals surface area contributed by atoms with Crippen molar-refractivity contribution >= 4 is 21.3 Å². The lowest BCUT2D eigenvalue weighted by Gasteiger charge is -2.10. The fourth-order valence-corrected chi connectivity index (χ4v) is 3.04. The van der Waals surface area contributed by atoms with Crippen molar-refractivity contribution < 1.29 is 13.5 Å². The van der Waals surface area contributed by atoms with Crippen molar-refractivity contribution in [3.05, 3.63) is 41.9 Å². The molecule has 1 heterocycles. The monoisotopic (exact) mass is 305 g/mol. The van der Waals surface area contributed by atoms with Crippen LogP contribution in [-0.2, 0) is 16.3 Å². The number of fused-ring (bicyclic) bond motifs is 1. The molecule has 2 aromatic rings. The lowest BCUT2D eigenvalue weighted by Crippen LogP contribution is -2.02. The molecule has 0 fully saturated rings. The zero-order valence-corrected chi connectivity index (χ0v) is 12.3. The van der Waals surface area contributed by atoms with Crippen LogP contribution in [0.3, 0.4) is 0 Å². The maximum absolute atomic E-state index is 11.4. The van der Waals surface area contributed by atoms with Gasteiger partial charge in [-0.1, -0.05) is 0 Å². The molecule has 1 aliphatic rings. The third-order valence-corrected chi connectivity index (χ3v) is 4.64. The molecule has 0 amide bonds. The summed E-state index contributed by atoms with van der Waals surface area (Å²) in [6.07, 6.45) is 3.43. The van der Waals surface area contributed by atoms with Gasteiger partial charge in [0, 0.05) is 17.5 Å². The van der Waals surface area contributed by atoms with Crippen LogP contribution in [0.25, 0.3) is 0 Å². The highest BCUT2D eigenvalue weighted by molar-refractivity contribution is 7.90. The third-order valence-electron chi connectivity index (χ3n) is 3.51. The minimum absolute atomic E-state index is 0.274. The van der Waals surface area contributed by atoms with Gasteiger partial charge >= 0.3 is 0 Å². The van der Waals surface area contributed by atoms with Gasteiger partial charge in [-0.05, 0) is 37.1 Å². The summed E-state index contributed by atoms with van der Waals surface area (Å²) in [5.41, 5.74) is 2.32. The highest BCUT2D eigenvalue weighted by atomic mass is 32.2. The fourth-order valence-electron chi connectivity index (χ4n) is 2.41. The minimum Gasteiger partial charge on any atom is -0.387 e. The van der Waals surface area contributed by atoms with Gasteiger partial charge < -0.3 is 10.4 Å². The molecule has 0 spiro atoms. The second-order valence-electron chi connectivity index (χ2n) is 5.06. The van der Waals surface area contributed by atoms with Crippen molar-refractivity contribution in [2.45, 2.75) is 23.8 Å². The Morgan fingerprint density at radius 3 is 2.62 bits per heavy atom. The summed E-state index contributed by atoms with van der Waals surface area (Å²) in [5, 5.41) is 13.0. The molecule has 0 radical (unpaired) electrons. The number of anilines is 2. The van der Waals surface area contributed by atoms with Gasteiger partial charge in [0.2, 0.25) is 0 Å². The summed E-state index contributed by atoms with van der Waals surface area (Å²) in [7, 11) is -3.20. The normalized spacial score (nSPS) is 17.5. The van der Waals surface area contributed by atoms with Gasteiger partial charge in [-0.3, -0.25) is 0 Å². The number of rotatable bonds is 3. The largest absolute Gasteiger partial charge is 0.387 e. The Labute approximate surface area is 122 Å². The number of aromatic nitrogens is 2. The van der Waals surface area contributed by atoms with E-state index in [2.05, 4.69) is 15.3 Å². The Hall–Kier alpha value is -1.99. The Kier molecular flexibility index (Phi) is 3.38. The van der Waals surface area contributed by atoms with E-state index >= 15 is 0 Å². The van der Waals surface area contributed by atoms with E-state index in [0.717, 1.165) is 17.7 Å². The molecular weight excluding hydrogens is 290 g/mol. The maximum atomic E-state index is 11.4. The van der Waals surface area contributed by atoms with Crippen molar-refractivity contribution in [3.63, 3.8) is 0 Å². The van der Waals surface area contributed by atoms with E-state index in [4.69, 9.17) is 0 Å².